The third-order valence-electron chi connectivity index (χ3n) is 1.22. The van der Waals surface area contributed by atoms with Crippen LogP contribution in [0.4, 0.5) is 0 Å². The van der Waals surface area contributed by atoms with Gasteiger partial charge in [0.05, 0.1) is 23.9 Å². The number of aromatic nitrogens is 2. The van der Waals surface area contributed by atoms with Crippen LogP contribution in [0.25, 0.3) is 0 Å². The first kappa shape index (κ1) is 10.2. The Morgan fingerprint density at radius 2 is 2.15 bits per heavy atom. The van der Waals surface area contributed by atoms with Crippen molar-refractivity contribution in [2.45, 2.75) is 20.0 Å². The SMILES string of the molecule is COc1nc(OC(C)C)ncc1Br. The van der Waals surface area contributed by atoms with Crippen LogP contribution in [0.2, 0.25) is 0 Å². The van der Waals surface area contributed by atoms with E-state index in [4.69, 9.17) is 9.47 Å². The van der Waals surface area contributed by atoms with Gasteiger partial charge in [0.25, 0.3) is 0 Å². The molecule has 0 aromatic carbocycles. The van der Waals surface area contributed by atoms with Crippen molar-refractivity contribution in [1.29, 1.82) is 0 Å². The van der Waals surface area contributed by atoms with E-state index in [0.29, 0.717) is 16.4 Å². The molecule has 13 heavy (non-hydrogen) atoms. The summed E-state index contributed by atoms with van der Waals surface area (Å²) in [6.07, 6.45) is 1.66. The fourth-order valence-electron chi connectivity index (χ4n) is 0.747. The van der Waals surface area contributed by atoms with E-state index in [1.54, 1.807) is 13.3 Å². The average Bonchev–Trinajstić information content (AvgIpc) is 2.07. The van der Waals surface area contributed by atoms with Crippen LogP contribution in [-0.4, -0.2) is 23.2 Å². The number of ether oxygens (including phenoxy) is 2. The molecule has 0 saturated heterocycles. The highest BCUT2D eigenvalue weighted by atomic mass is 79.9. The molecule has 0 amide bonds. The first-order valence-electron chi connectivity index (χ1n) is 3.86. The highest BCUT2D eigenvalue weighted by molar-refractivity contribution is 9.10. The molecule has 0 N–H and O–H groups in total. The Morgan fingerprint density at radius 1 is 1.46 bits per heavy atom. The lowest BCUT2D eigenvalue weighted by molar-refractivity contribution is 0.218. The molecule has 1 heterocycles. The molecule has 0 unspecified atom stereocenters. The lowest BCUT2D eigenvalue weighted by Crippen LogP contribution is -2.08. The van der Waals surface area contributed by atoms with Crippen molar-refractivity contribution in [3.05, 3.63) is 10.7 Å². The molecular weight excluding hydrogens is 236 g/mol. The van der Waals surface area contributed by atoms with Gasteiger partial charge < -0.3 is 9.47 Å². The van der Waals surface area contributed by atoms with E-state index in [1.807, 2.05) is 13.8 Å². The molecule has 0 aliphatic rings. The Bertz CT molecular complexity index is 291. The van der Waals surface area contributed by atoms with Crippen molar-refractivity contribution in [3.63, 3.8) is 0 Å². The van der Waals surface area contributed by atoms with Crippen LogP contribution in [0, 0.1) is 0 Å². The molecule has 0 saturated carbocycles. The van der Waals surface area contributed by atoms with Crippen molar-refractivity contribution in [2.24, 2.45) is 0 Å². The summed E-state index contributed by atoms with van der Waals surface area (Å²) < 4.78 is 11.0. The standard InChI is InChI=1S/C8H11BrN2O2/c1-5(2)13-8-10-4-6(9)7(11-8)12-3/h4-5H,1-3H3. The second kappa shape index (κ2) is 4.41. The quantitative estimate of drug-likeness (QED) is 0.819. The molecule has 1 aromatic rings. The second-order valence-corrected chi connectivity index (χ2v) is 3.53. The van der Waals surface area contributed by atoms with E-state index in [-0.39, 0.29) is 6.10 Å². The zero-order chi connectivity index (χ0) is 9.84. The Balaban J connectivity index is 2.86. The van der Waals surface area contributed by atoms with Crippen molar-refractivity contribution in [3.8, 4) is 11.9 Å². The number of methoxy groups -OCH3 is 1. The zero-order valence-corrected chi connectivity index (χ0v) is 9.33. The zero-order valence-electron chi connectivity index (χ0n) is 7.74. The molecule has 0 aliphatic carbocycles. The molecule has 72 valence electrons. The van der Waals surface area contributed by atoms with Crippen molar-refractivity contribution >= 4 is 15.9 Å². The molecule has 0 aliphatic heterocycles. The summed E-state index contributed by atoms with van der Waals surface area (Å²) in [5, 5.41) is 0. The fourth-order valence-corrected chi connectivity index (χ4v) is 1.10. The Kier molecular flexibility index (Phi) is 3.48. The molecule has 1 aromatic heterocycles. The molecule has 0 fully saturated rings. The van der Waals surface area contributed by atoms with Gasteiger partial charge in [0.1, 0.15) is 0 Å². The molecule has 0 atom stereocenters. The summed E-state index contributed by atoms with van der Waals surface area (Å²) in [4.78, 5) is 8.00. The number of nitrogens with zero attached hydrogens (tertiary/aromatic N) is 2. The normalized spacial score (nSPS) is 10.2. The smallest absolute Gasteiger partial charge is 0.320 e. The highest BCUT2D eigenvalue weighted by Crippen LogP contribution is 2.22. The summed E-state index contributed by atoms with van der Waals surface area (Å²) in [5.41, 5.74) is 0. The summed E-state index contributed by atoms with van der Waals surface area (Å²) in [5.74, 6) is 0.477. The summed E-state index contributed by atoms with van der Waals surface area (Å²) in [6, 6.07) is 0.329. The predicted octanol–water partition coefficient (Wildman–Crippen LogP) is 2.03. The lowest BCUT2D eigenvalue weighted by atomic mass is 10.5. The van der Waals surface area contributed by atoms with Crippen LogP contribution >= 0.6 is 15.9 Å². The van der Waals surface area contributed by atoms with Gasteiger partial charge in [-0.15, -0.1) is 0 Å². The third-order valence-corrected chi connectivity index (χ3v) is 1.77. The van der Waals surface area contributed by atoms with Gasteiger partial charge in [0.2, 0.25) is 5.88 Å². The van der Waals surface area contributed by atoms with Crippen LogP contribution < -0.4 is 9.47 Å². The molecule has 5 heteroatoms. The van der Waals surface area contributed by atoms with Gasteiger partial charge in [0.15, 0.2) is 0 Å². The lowest BCUT2D eigenvalue weighted by Gasteiger charge is -2.08. The van der Waals surface area contributed by atoms with E-state index >= 15 is 0 Å². The van der Waals surface area contributed by atoms with E-state index in [0.717, 1.165) is 0 Å². The van der Waals surface area contributed by atoms with E-state index in [1.165, 1.54) is 0 Å². The topological polar surface area (TPSA) is 44.2 Å². The molecule has 0 spiro atoms. The minimum atomic E-state index is 0.0610. The number of halogens is 1. The second-order valence-electron chi connectivity index (χ2n) is 2.68. The van der Waals surface area contributed by atoms with Gasteiger partial charge in [-0.25, -0.2) is 4.98 Å². The maximum atomic E-state index is 5.29. The fraction of sp³-hybridized carbons (Fsp3) is 0.500. The Morgan fingerprint density at radius 3 is 2.69 bits per heavy atom. The van der Waals surface area contributed by atoms with Crippen molar-refractivity contribution in [1.82, 2.24) is 9.97 Å². The van der Waals surface area contributed by atoms with Crippen LogP contribution in [0.15, 0.2) is 10.7 Å². The maximum Gasteiger partial charge on any atom is 0.320 e. The maximum absolute atomic E-state index is 5.29. The van der Waals surface area contributed by atoms with Crippen LogP contribution in [0.1, 0.15) is 13.8 Å². The largest absolute Gasteiger partial charge is 0.480 e. The van der Waals surface area contributed by atoms with E-state index in [2.05, 4.69) is 25.9 Å². The highest BCUT2D eigenvalue weighted by Gasteiger charge is 2.06. The summed E-state index contributed by atoms with van der Waals surface area (Å²) in [6.45, 7) is 3.83. The number of rotatable bonds is 3. The van der Waals surface area contributed by atoms with E-state index in [9.17, 15) is 0 Å². The van der Waals surface area contributed by atoms with Gasteiger partial charge in [-0.3, -0.25) is 0 Å². The van der Waals surface area contributed by atoms with Gasteiger partial charge in [-0.2, -0.15) is 4.98 Å². The Labute approximate surface area is 85.4 Å². The van der Waals surface area contributed by atoms with E-state index < -0.39 is 0 Å². The number of hydrogen-bond acceptors (Lipinski definition) is 4. The molecule has 0 bridgehead atoms. The van der Waals surface area contributed by atoms with Gasteiger partial charge in [0, 0.05) is 0 Å². The molecule has 1 rings (SSSR count). The summed E-state index contributed by atoms with van der Waals surface area (Å²) in [7, 11) is 1.55. The first-order chi connectivity index (χ1) is 6.13. The van der Waals surface area contributed by atoms with Gasteiger partial charge in [-0.05, 0) is 29.8 Å². The van der Waals surface area contributed by atoms with Crippen LogP contribution in [0.5, 0.6) is 11.9 Å². The molecule has 4 nitrogen and oxygen atoms in total. The molecular formula is C8H11BrN2O2. The van der Waals surface area contributed by atoms with Crippen LogP contribution in [-0.2, 0) is 0 Å². The van der Waals surface area contributed by atoms with Crippen molar-refractivity contribution < 1.29 is 9.47 Å². The third kappa shape index (κ3) is 2.84. The Hall–Kier alpha value is -0.840. The van der Waals surface area contributed by atoms with Gasteiger partial charge in [-0.1, -0.05) is 0 Å². The number of hydrogen-bond donors (Lipinski definition) is 0. The first-order valence-corrected chi connectivity index (χ1v) is 4.66. The monoisotopic (exact) mass is 246 g/mol. The van der Waals surface area contributed by atoms with Crippen LogP contribution in [0.3, 0.4) is 0 Å². The minimum Gasteiger partial charge on any atom is -0.480 e. The van der Waals surface area contributed by atoms with Gasteiger partial charge >= 0.3 is 6.01 Å². The molecule has 0 radical (unpaired) electrons. The van der Waals surface area contributed by atoms with Crippen molar-refractivity contribution in [2.75, 3.05) is 7.11 Å². The summed E-state index contributed by atoms with van der Waals surface area (Å²) >= 11 is 3.25. The average molecular weight is 247 g/mol. The minimum absolute atomic E-state index is 0.0610. The predicted molar refractivity (Wildman–Crippen MR) is 52.0 cm³/mol.